The number of aromatic nitrogens is 2. The summed E-state index contributed by atoms with van der Waals surface area (Å²) in [4.78, 5) is 13.6. The summed E-state index contributed by atoms with van der Waals surface area (Å²) < 4.78 is 3.33. The molecule has 0 radical (unpaired) electrons. The Bertz CT molecular complexity index is 1530. The number of phenols is 1. The maximum atomic E-state index is 13.6. The van der Waals surface area contributed by atoms with Crippen LogP contribution in [-0.2, 0) is 23.9 Å². The van der Waals surface area contributed by atoms with Gasteiger partial charge in [-0.25, -0.2) is 0 Å². The van der Waals surface area contributed by atoms with Crippen molar-refractivity contribution in [3.05, 3.63) is 104 Å². The van der Waals surface area contributed by atoms with Crippen LogP contribution in [0.3, 0.4) is 0 Å². The number of para-hydroxylation sites is 1. The van der Waals surface area contributed by atoms with Crippen molar-refractivity contribution in [1.82, 2.24) is 9.13 Å². The average molecular weight is 504 g/mol. The lowest BCUT2D eigenvalue weighted by atomic mass is 9.78. The molecule has 0 spiro atoms. The van der Waals surface area contributed by atoms with Crippen molar-refractivity contribution in [2.75, 3.05) is 0 Å². The fourth-order valence-corrected chi connectivity index (χ4v) is 4.80. The number of fused-ring (bicyclic) bond motifs is 1. The second-order valence-corrected chi connectivity index (χ2v) is 11.9. The van der Waals surface area contributed by atoms with Gasteiger partial charge >= 0.3 is 0 Å². The third kappa shape index (κ3) is 4.85. The largest absolute Gasteiger partial charge is 0.507 e. The van der Waals surface area contributed by atoms with Crippen molar-refractivity contribution < 1.29 is 5.11 Å². The van der Waals surface area contributed by atoms with Crippen molar-refractivity contribution >= 4 is 22.5 Å². The normalized spacial score (nSPS) is 12.3. The number of phenolic OH excluding ortho intramolecular Hbond substituents is 1. The third-order valence-corrected chi connectivity index (χ3v) is 6.96. The highest BCUT2D eigenvalue weighted by molar-refractivity contribution is 6.31. The molecule has 6 heteroatoms. The molecule has 0 aliphatic carbocycles. The van der Waals surface area contributed by atoms with Crippen LogP contribution in [0.4, 0.5) is 0 Å². The van der Waals surface area contributed by atoms with Crippen molar-refractivity contribution in [2.45, 2.75) is 65.5 Å². The molecule has 0 atom stereocenters. The van der Waals surface area contributed by atoms with E-state index in [1.54, 1.807) is 6.07 Å². The number of hydrogen-bond donors (Lipinski definition) is 2. The van der Waals surface area contributed by atoms with Gasteiger partial charge in [-0.05, 0) is 63.4 Å². The second-order valence-electron chi connectivity index (χ2n) is 11.4. The summed E-state index contributed by atoms with van der Waals surface area (Å²) in [6.07, 6.45) is 0. The molecule has 0 unspecified atom stereocenters. The molecule has 4 rings (SSSR count). The molecule has 2 N–H and O–H groups in total. The molecule has 5 nitrogen and oxygen atoms in total. The summed E-state index contributed by atoms with van der Waals surface area (Å²) in [7, 11) is 0. The van der Waals surface area contributed by atoms with Gasteiger partial charge in [0.1, 0.15) is 5.75 Å². The third-order valence-electron chi connectivity index (χ3n) is 6.59. The monoisotopic (exact) mass is 503 g/mol. The maximum absolute atomic E-state index is 13.6. The molecule has 0 aliphatic heterocycles. The quantitative estimate of drug-likeness (QED) is 0.341. The van der Waals surface area contributed by atoms with Crippen LogP contribution in [0, 0.1) is 5.41 Å². The van der Waals surface area contributed by atoms with Gasteiger partial charge in [0.15, 0.2) is 0 Å². The van der Waals surface area contributed by atoms with Gasteiger partial charge in [0, 0.05) is 5.02 Å². The maximum Gasteiger partial charge on any atom is 0.263 e. The van der Waals surface area contributed by atoms with Gasteiger partial charge in [-0.1, -0.05) is 83.5 Å². The topological polar surface area (TPSA) is 71.0 Å². The lowest BCUT2D eigenvalue weighted by Crippen LogP contribution is -2.40. The Kier molecular flexibility index (Phi) is 6.65. The zero-order valence-corrected chi connectivity index (χ0v) is 22.6. The summed E-state index contributed by atoms with van der Waals surface area (Å²) >= 11 is 6.45. The Balaban J connectivity index is 1.95. The van der Waals surface area contributed by atoms with E-state index in [0.29, 0.717) is 28.2 Å². The van der Waals surface area contributed by atoms with Gasteiger partial charge < -0.3 is 9.67 Å². The zero-order chi connectivity index (χ0) is 26.4. The first kappa shape index (κ1) is 25.8. The number of rotatable bonds is 4. The molecule has 188 valence electrons. The summed E-state index contributed by atoms with van der Waals surface area (Å²) in [5, 5.41) is 21.3. The van der Waals surface area contributed by atoms with E-state index in [1.807, 2.05) is 59.2 Å². The van der Waals surface area contributed by atoms with Crippen molar-refractivity contribution in [1.29, 1.82) is 5.41 Å². The van der Waals surface area contributed by atoms with Crippen LogP contribution in [0.15, 0.2) is 65.5 Å². The minimum absolute atomic E-state index is 0.0984. The lowest BCUT2D eigenvalue weighted by molar-refractivity contribution is 0.422. The molecule has 0 bridgehead atoms. The molecule has 0 saturated heterocycles. The first-order chi connectivity index (χ1) is 16.8. The molecular weight excluding hydrogens is 470 g/mol. The fraction of sp³-hybridized carbons (Fsp3) is 0.333. The summed E-state index contributed by atoms with van der Waals surface area (Å²) in [5.41, 5.74) is 3.41. The molecule has 4 aromatic rings. The predicted octanol–water partition coefficient (Wildman–Crippen LogP) is 6.33. The van der Waals surface area contributed by atoms with Crippen LogP contribution in [0.25, 0.3) is 10.9 Å². The predicted molar refractivity (Wildman–Crippen MR) is 147 cm³/mol. The minimum Gasteiger partial charge on any atom is -0.507 e. The molecule has 1 heterocycles. The number of nitrogens with one attached hydrogen (secondary N) is 1. The molecule has 0 fully saturated rings. The van der Waals surface area contributed by atoms with Crippen LogP contribution in [0.5, 0.6) is 5.75 Å². The highest BCUT2D eigenvalue weighted by atomic mass is 35.5. The van der Waals surface area contributed by atoms with Crippen LogP contribution in [0.2, 0.25) is 5.02 Å². The van der Waals surface area contributed by atoms with Crippen LogP contribution in [0.1, 0.15) is 63.8 Å². The molecule has 0 amide bonds. The highest BCUT2D eigenvalue weighted by Crippen LogP contribution is 2.39. The SMILES string of the molecule is CC(C)(C)c1cc(Cn2c(=O)c3ccccc3n(Cc3ccccc3Cl)c2=N)cc(C(C)(C)C)c1O. The minimum atomic E-state index is -0.289. The molecule has 36 heavy (non-hydrogen) atoms. The Morgan fingerprint density at radius 3 is 1.97 bits per heavy atom. The summed E-state index contributed by atoms with van der Waals surface area (Å²) in [6.45, 7) is 13.0. The van der Waals surface area contributed by atoms with Crippen LogP contribution >= 0.6 is 11.6 Å². The van der Waals surface area contributed by atoms with Gasteiger partial charge in [-0.15, -0.1) is 0 Å². The molecule has 1 aromatic heterocycles. The van der Waals surface area contributed by atoms with Crippen LogP contribution < -0.4 is 11.2 Å². The molecular formula is C30H34ClN3O2. The van der Waals surface area contributed by atoms with Gasteiger partial charge in [-0.3, -0.25) is 14.8 Å². The Morgan fingerprint density at radius 1 is 0.833 bits per heavy atom. The fourth-order valence-electron chi connectivity index (χ4n) is 4.61. The standard InChI is InChI=1S/C30H34ClN3O2/c1-29(2,3)22-15-19(16-23(26(22)35)30(4,5)6)17-34-27(36)21-12-8-10-14-25(21)33(28(34)32)18-20-11-7-9-13-24(20)31/h7-16,32,35H,17-18H2,1-6H3. The first-order valence-corrected chi connectivity index (χ1v) is 12.5. The van der Waals surface area contributed by atoms with E-state index in [-0.39, 0.29) is 28.6 Å². The number of halogens is 1. The summed E-state index contributed by atoms with van der Waals surface area (Å²) in [6, 6.07) is 18.9. The van der Waals surface area contributed by atoms with E-state index >= 15 is 0 Å². The molecule has 0 aliphatic rings. The highest BCUT2D eigenvalue weighted by Gasteiger charge is 2.27. The van der Waals surface area contributed by atoms with Crippen LogP contribution in [-0.4, -0.2) is 14.2 Å². The van der Waals surface area contributed by atoms with E-state index in [2.05, 4.69) is 41.5 Å². The van der Waals surface area contributed by atoms with E-state index in [4.69, 9.17) is 17.0 Å². The van der Waals surface area contributed by atoms with Crippen molar-refractivity contribution in [3.63, 3.8) is 0 Å². The van der Waals surface area contributed by atoms with E-state index in [9.17, 15) is 9.90 Å². The van der Waals surface area contributed by atoms with E-state index < -0.39 is 0 Å². The van der Waals surface area contributed by atoms with Gasteiger partial charge in [0.05, 0.1) is 24.0 Å². The molecule has 0 saturated carbocycles. The van der Waals surface area contributed by atoms with Gasteiger partial charge in [-0.2, -0.15) is 0 Å². The first-order valence-electron chi connectivity index (χ1n) is 12.2. The van der Waals surface area contributed by atoms with Gasteiger partial charge in [0.2, 0.25) is 5.62 Å². The lowest BCUT2D eigenvalue weighted by Gasteiger charge is -2.28. The summed E-state index contributed by atoms with van der Waals surface area (Å²) in [5.74, 6) is 0.296. The van der Waals surface area contributed by atoms with Crippen molar-refractivity contribution in [2.24, 2.45) is 0 Å². The number of aromatic hydroxyl groups is 1. The Hall–Kier alpha value is -3.31. The zero-order valence-electron chi connectivity index (χ0n) is 21.8. The Morgan fingerprint density at radius 2 is 1.39 bits per heavy atom. The molecule has 3 aromatic carbocycles. The number of hydrogen-bond acceptors (Lipinski definition) is 3. The van der Waals surface area contributed by atoms with Crippen molar-refractivity contribution in [3.8, 4) is 5.75 Å². The second kappa shape index (κ2) is 9.29. The van der Waals surface area contributed by atoms with E-state index in [1.165, 1.54) is 4.57 Å². The average Bonchev–Trinajstić information content (AvgIpc) is 2.80. The van der Waals surface area contributed by atoms with E-state index in [0.717, 1.165) is 22.3 Å². The van der Waals surface area contributed by atoms with Gasteiger partial charge in [0.25, 0.3) is 5.56 Å². The number of benzene rings is 3. The smallest absolute Gasteiger partial charge is 0.263 e. The Labute approximate surface area is 217 Å². The number of nitrogens with zero attached hydrogens (tertiary/aromatic N) is 2.